The van der Waals surface area contributed by atoms with Crippen molar-refractivity contribution in [2.45, 2.75) is 32.3 Å². The van der Waals surface area contributed by atoms with Gasteiger partial charge in [-0.3, -0.25) is 0 Å². The molecule has 1 aliphatic rings. The molecule has 0 aromatic heterocycles. The van der Waals surface area contributed by atoms with E-state index in [2.05, 4.69) is 6.92 Å². The Kier molecular flexibility index (Phi) is 2.32. The second kappa shape index (κ2) is 2.89. The second-order valence-electron chi connectivity index (χ2n) is 3.49. The Balaban J connectivity index is 2.40. The molecule has 2 heteroatoms. The molecule has 0 spiro atoms. The van der Waals surface area contributed by atoms with Crippen molar-refractivity contribution in [1.29, 1.82) is 0 Å². The lowest BCUT2D eigenvalue weighted by atomic mass is 9.89. The zero-order chi connectivity index (χ0) is 7.61. The third kappa shape index (κ3) is 1.96. The molecule has 10 heavy (non-hydrogen) atoms. The van der Waals surface area contributed by atoms with Crippen LogP contribution in [0.5, 0.6) is 0 Å². The SMILES string of the molecule is CCC1COCC(C)(O)C1. The van der Waals surface area contributed by atoms with Gasteiger partial charge in [0.1, 0.15) is 0 Å². The maximum atomic E-state index is 9.55. The lowest BCUT2D eigenvalue weighted by Crippen LogP contribution is -2.39. The summed E-state index contributed by atoms with van der Waals surface area (Å²) in [5.74, 6) is 0.559. The first-order valence-corrected chi connectivity index (χ1v) is 3.94. The molecule has 60 valence electrons. The summed E-state index contributed by atoms with van der Waals surface area (Å²) in [7, 11) is 0. The van der Waals surface area contributed by atoms with E-state index in [1.807, 2.05) is 6.92 Å². The predicted molar refractivity (Wildman–Crippen MR) is 39.8 cm³/mol. The minimum Gasteiger partial charge on any atom is -0.388 e. The van der Waals surface area contributed by atoms with Crippen LogP contribution in [0.2, 0.25) is 0 Å². The number of hydrogen-bond acceptors (Lipinski definition) is 2. The Morgan fingerprint density at radius 2 is 2.40 bits per heavy atom. The molecule has 1 aliphatic heterocycles. The molecule has 0 saturated carbocycles. The molecule has 0 aromatic carbocycles. The van der Waals surface area contributed by atoms with Gasteiger partial charge >= 0.3 is 0 Å². The lowest BCUT2D eigenvalue weighted by molar-refractivity contribution is -0.0982. The van der Waals surface area contributed by atoms with Crippen molar-refractivity contribution in [3.05, 3.63) is 0 Å². The smallest absolute Gasteiger partial charge is 0.0855 e. The molecular formula is C8H16O2. The van der Waals surface area contributed by atoms with Crippen molar-refractivity contribution in [1.82, 2.24) is 0 Å². The van der Waals surface area contributed by atoms with Crippen LogP contribution in [0.25, 0.3) is 0 Å². The third-order valence-electron chi connectivity index (χ3n) is 2.07. The van der Waals surface area contributed by atoms with Crippen molar-refractivity contribution in [3.8, 4) is 0 Å². The third-order valence-corrected chi connectivity index (χ3v) is 2.07. The maximum absolute atomic E-state index is 9.55. The monoisotopic (exact) mass is 144 g/mol. The average molecular weight is 144 g/mol. The van der Waals surface area contributed by atoms with Gasteiger partial charge in [-0.1, -0.05) is 13.3 Å². The van der Waals surface area contributed by atoms with E-state index in [9.17, 15) is 5.11 Å². The number of ether oxygens (including phenoxy) is 1. The second-order valence-corrected chi connectivity index (χ2v) is 3.49. The zero-order valence-electron chi connectivity index (χ0n) is 6.76. The van der Waals surface area contributed by atoms with Crippen LogP contribution >= 0.6 is 0 Å². The summed E-state index contributed by atoms with van der Waals surface area (Å²) in [6, 6.07) is 0. The number of rotatable bonds is 1. The first-order valence-electron chi connectivity index (χ1n) is 3.94. The highest BCUT2D eigenvalue weighted by Gasteiger charge is 2.29. The fraction of sp³-hybridized carbons (Fsp3) is 1.00. The van der Waals surface area contributed by atoms with Gasteiger partial charge in [0.05, 0.1) is 12.2 Å². The Hall–Kier alpha value is -0.0800. The standard InChI is InChI=1S/C8H16O2/c1-3-7-4-8(2,9)6-10-5-7/h7,9H,3-6H2,1-2H3. The van der Waals surface area contributed by atoms with Gasteiger partial charge in [-0.25, -0.2) is 0 Å². The van der Waals surface area contributed by atoms with Crippen LogP contribution in [0.15, 0.2) is 0 Å². The molecule has 1 saturated heterocycles. The quantitative estimate of drug-likeness (QED) is 0.599. The summed E-state index contributed by atoms with van der Waals surface area (Å²) in [5, 5.41) is 9.55. The Morgan fingerprint density at radius 1 is 1.70 bits per heavy atom. The first-order chi connectivity index (χ1) is 4.64. The van der Waals surface area contributed by atoms with Crippen LogP contribution in [0.4, 0.5) is 0 Å². The lowest BCUT2D eigenvalue weighted by Gasteiger charge is -2.33. The molecule has 0 radical (unpaired) electrons. The first kappa shape index (κ1) is 8.02. The van der Waals surface area contributed by atoms with Crippen molar-refractivity contribution in [3.63, 3.8) is 0 Å². The summed E-state index contributed by atoms with van der Waals surface area (Å²) in [6.45, 7) is 5.31. The van der Waals surface area contributed by atoms with E-state index in [4.69, 9.17) is 4.74 Å². The molecule has 2 atom stereocenters. The molecule has 1 rings (SSSR count). The summed E-state index contributed by atoms with van der Waals surface area (Å²) in [6.07, 6.45) is 2.00. The Bertz CT molecular complexity index is 110. The highest BCUT2D eigenvalue weighted by atomic mass is 16.5. The minimum absolute atomic E-state index is 0.503. The molecule has 1 N–H and O–H groups in total. The normalized spacial score (nSPS) is 41.7. The molecule has 2 unspecified atom stereocenters. The molecule has 0 aromatic rings. The van der Waals surface area contributed by atoms with Gasteiger partial charge in [-0.05, 0) is 19.3 Å². The molecular weight excluding hydrogens is 128 g/mol. The Morgan fingerprint density at radius 3 is 2.80 bits per heavy atom. The van der Waals surface area contributed by atoms with Gasteiger partial charge in [-0.2, -0.15) is 0 Å². The van der Waals surface area contributed by atoms with Crippen LogP contribution in [0, 0.1) is 5.92 Å². The summed E-state index contributed by atoms with van der Waals surface area (Å²) >= 11 is 0. The van der Waals surface area contributed by atoms with Gasteiger partial charge in [-0.15, -0.1) is 0 Å². The largest absolute Gasteiger partial charge is 0.388 e. The van der Waals surface area contributed by atoms with Crippen LogP contribution < -0.4 is 0 Å². The summed E-state index contributed by atoms with van der Waals surface area (Å²) in [5.41, 5.74) is -0.571. The van der Waals surface area contributed by atoms with E-state index in [0.717, 1.165) is 19.4 Å². The van der Waals surface area contributed by atoms with Crippen LogP contribution in [-0.4, -0.2) is 23.9 Å². The van der Waals surface area contributed by atoms with Gasteiger partial charge in [0, 0.05) is 6.61 Å². The van der Waals surface area contributed by atoms with Gasteiger partial charge in [0.2, 0.25) is 0 Å². The van der Waals surface area contributed by atoms with Gasteiger partial charge < -0.3 is 9.84 Å². The fourth-order valence-electron chi connectivity index (χ4n) is 1.45. The van der Waals surface area contributed by atoms with Crippen molar-refractivity contribution in [2.24, 2.45) is 5.92 Å². The molecule has 2 nitrogen and oxygen atoms in total. The average Bonchev–Trinajstić information content (AvgIpc) is 1.86. The fourth-order valence-corrected chi connectivity index (χ4v) is 1.45. The van der Waals surface area contributed by atoms with E-state index in [0.29, 0.717) is 12.5 Å². The number of aliphatic hydroxyl groups is 1. The topological polar surface area (TPSA) is 29.5 Å². The summed E-state index contributed by atoms with van der Waals surface area (Å²) < 4.78 is 5.24. The highest BCUT2D eigenvalue weighted by Crippen LogP contribution is 2.24. The highest BCUT2D eigenvalue weighted by molar-refractivity contribution is 4.79. The number of hydrogen-bond donors (Lipinski definition) is 1. The van der Waals surface area contributed by atoms with E-state index in [1.54, 1.807) is 0 Å². The van der Waals surface area contributed by atoms with Crippen LogP contribution in [0.1, 0.15) is 26.7 Å². The molecule has 0 amide bonds. The van der Waals surface area contributed by atoms with Crippen molar-refractivity contribution < 1.29 is 9.84 Å². The van der Waals surface area contributed by atoms with Gasteiger partial charge in [0.25, 0.3) is 0 Å². The van der Waals surface area contributed by atoms with Gasteiger partial charge in [0.15, 0.2) is 0 Å². The van der Waals surface area contributed by atoms with E-state index in [-0.39, 0.29) is 0 Å². The van der Waals surface area contributed by atoms with Crippen molar-refractivity contribution in [2.75, 3.05) is 13.2 Å². The van der Waals surface area contributed by atoms with Crippen molar-refractivity contribution >= 4 is 0 Å². The molecule has 0 aliphatic carbocycles. The molecule has 1 heterocycles. The van der Waals surface area contributed by atoms with E-state index >= 15 is 0 Å². The van der Waals surface area contributed by atoms with E-state index < -0.39 is 5.60 Å². The van der Waals surface area contributed by atoms with Crippen LogP contribution in [0.3, 0.4) is 0 Å². The molecule has 0 bridgehead atoms. The zero-order valence-corrected chi connectivity index (χ0v) is 6.76. The Labute approximate surface area is 62.2 Å². The van der Waals surface area contributed by atoms with Crippen LogP contribution in [-0.2, 0) is 4.74 Å². The maximum Gasteiger partial charge on any atom is 0.0855 e. The van der Waals surface area contributed by atoms with E-state index in [1.165, 1.54) is 0 Å². The molecule has 1 fully saturated rings. The minimum atomic E-state index is -0.571. The summed E-state index contributed by atoms with van der Waals surface area (Å²) in [4.78, 5) is 0. The predicted octanol–water partition coefficient (Wildman–Crippen LogP) is 1.18.